The summed E-state index contributed by atoms with van der Waals surface area (Å²) in [4.78, 5) is 8.67. The maximum atomic E-state index is 11.5. The zero-order valence-electron chi connectivity index (χ0n) is 12.3. The summed E-state index contributed by atoms with van der Waals surface area (Å²) in [5, 5.41) is 3.63. The Kier molecular flexibility index (Phi) is 5.40. The second kappa shape index (κ2) is 6.89. The van der Waals surface area contributed by atoms with Crippen molar-refractivity contribution in [2.75, 3.05) is 31.2 Å². The minimum atomic E-state index is -3.12. The molecule has 0 aliphatic heterocycles. The third kappa shape index (κ3) is 5.09. The minimum Gasteiger partial charge on any atom is -0.370 e. The molecule has 0 aromatic carbocycles. The number of hydrogen-bond acceptors (Lipinski definition) is 5. The van der Waals surface area contributed by atoms with E-state index in [1.807, 2.05) is 6.92 Å². The Hall–Kier alpha value is -0.920. The lowest BCUT2D eigenvalue weighted by Crippen LogP contribution is -2.31. The Morgan fingerprint density at radius 3 is 2.71 bits per heavy atom. The van der Waals surface area contributed by atoms with E-state index in [1.54, 1.807) is 6.07 Å². The molecule has 1 aromatic heterocycles. The molecule has 118 valence electrons. The van der Waals surface area contributed by atoms with Gasteiger partial charge in [0, 0.05) is 31.6 Å². The molecule has 1 fully saturated rings. The van der Waals surface area contributed by atoms with E-state index >= 15 is 0 Å². The van der Waals surface area contributed by atoms with E-state index < -0.39 is 10.0 Å². The highest BCUT2D eigenvalue weighted by atomic mass is 35.5. The van der Waals surface area contributed by atoms with Crippen molar-refractivity contribution in [1.82, 2.24) is 14.3 Å². The van der Waals surface area contributed by atoms with Crippen LogP contribution in [-0.4, -0.2) is 48.6 Å². The highest BCUT2D eigenvalue weighted by molar-refractivity contribution is 7.88. The van der Waals surface area contributed by atoms with Crippen LogP contribution in [0.1, 0.15) is 37.9 Å². The van der Waals surface area contributed by atoms with Crippen LogP contribution in [0.25, 0.3) is 0 Å². The summed E-state index contributed by atoms with van der Waals surface area (Å²) in [5.41, 5.74) is 0. The van der Waals surface area contributed by atoms with Crippen molar-refractivity contribution in [3.63, 3.8) is 0 Å². The predicted octanol–water partition coefficient (Wildman–Crippen LogP) is 2.09. The topological polar surface area (TPSA) is 75.2 Å². The molecule has 1 heterocycles. The molecule has 1 N–H and O–H groups in total. The lowest BCUT2D eigenvalue weighted by atomic mass is 10.3. The fourth-order valence-corrected chi connectivity index (χ4v) is 3.20. The molecule has 8 heteroatoms. The predicted molar refractivity (Wildman–Crippen MR) is 84.2 cm³/mol. The van der Waals surface area contributed by atoms with E-state index in [9.17, 15) is 8.42 Å². The maximum absolute atomic E-state index is 11.5. The third-order valence-corrected chi connectivity index (χ3v) is 4.94. The minimum absolute atomic E-state index is 0.445. The van der Waals surface area contributed by atoms with Crippen molar-refractivity contribution in [3.8, 4) is 0 Å². The molecule has 1 saturated carbocycles. The summed E-state index contributed by atoms with van der Waals surface area (Å²) in [5.74, 6) is 1.96. The van der Waals surface area contributed by atoms with Gasteiger partial charge in [0.1, 0.15) is 16.8 Å². The molecular formula is C13H21ClN4O2S. The highest BCUT2D eigenvalue weighted by Crippen LogP contribution is 2.38. The standard InChI is InChI=1S/C13H21ClN4O2S/c1-3-18(21(2,19)20)8-4-7-15-12-9-11(14)16-13(17-12)10-5-6-10/h9-10H,3-8H2,1-2H3,(H,15,16,17). The largest absolute Gasteiger partial charge is 0.370 e. The van der Waals surface area contributed by atoms with Gasteiger partial charge in [-0.15, -0.1) is 0 Å². The zero-order chi connectivity index (χ0) is 15.5. The monoisotopic (exact) mass is 332 g/mol. The van der Waals surface area contributed by atoms with Crippen LogP contribution in [0.4, 0.5) is 5.82 Å². The average Bonchev–Trinajstić information content (AvgIpc) is 3.20. The molecule has 1 aliphatic carbocycles. The van der Waals surface area contributed by atoms with Crippen LogP contribution in [0.5, 0.6) is 0 Å². The first kappa shape index (κ1) is 16.5. The van der Waals surface area contributed by atoms with Gasteiger partial charge in [-0.1, -0.05) is 18.5 Å². The smallest absolute Gasteiger partial charge is 0.211 e. The van der Waals surface area contributed by atoms with Gasteiger partial charge in [0.15, 0.2) is 0 Å². The van der Waals surface area contributed by atoms with Gasteiger partial charge < -0.3 is 5.32 Å². The molecule has 0 bridgehead atoms. The summed E-state index contributed by atoms with van der Waals surface area (Å²) in [6, 6.07) is 1.70. The molecule has 0 unspecified atom stereocenters. The number of rotatable bonds is 8. The van der Waals surface area contributed by atoms with Crippen LogP contribution >= 0.6 is 11.6 Å². The van der Waals surface area contributed by atoms with E-state index in [0.717, 1.165) is 18.7 Å². The van der Waals surface area contributed by atoms with Crippen molar-refractivity contribution >= 4 is 27.4 Å². The van der Waals surface area contributed by atoms with Crippen molar-refractivity contribution < 1.29 is 8.42 Å². The summed E-state index contributed by atoms with van der Waals surface area (Å²) in [7, 11) is -3.12. The number of sulfonamides is 1. The van der Waals surface area contributed by atoms with Gasteiger partial charge >= 0.3 is 0 Å². The van der Waals surface area contributed by atoms with E-state index in [1.165, 1.54) is 10.6 Å². The summed E-state index contributed by atoms with van der Waals surface area (Å²) >= 11 is 5.99. The van der Waals surface area contributed by atoms with Crippen molar-refractivity contribution in [2.45, 2.75) is 32.1 Å². The van der Waals surface area contributed by atoms with Gasteiger partial charge in [-0.3, -0.25) is 0 Å². The van der Waals surface area contributed by atoms with Gasteiger partial charge in [-0.2, -0.15) is 0 Å². The molecule has 0 atom stereocenters. The average molecular weight is 333 g/mol. The molecule has 0 saturated heterocycles. The molecule has 21 heavy (non-hydrogen) atoms. The van der Waals surface area contributed by atoms with Crippen LogP contribution < -0.4 is 5.32 Å². The van der Waals surface area contributed by atoms with E-state index in [-0.39, 0.29) is 0 Å². The summed E-state index contributed by atoms with van der Waals surface area (Å²) in [6.45, 7) is 3.46. The molecule has 1 aromatic rings. The third-order valence-electron chi connectivity index (χ3n) is 3.37. The van der Waals surface area contributed by atoms with Crippen molar-refractivity contribution in [3.05, 3.63) is 17.0 Å². The SMILES string of the molecule is CCN(CCCNc1cc(Cl)nc(C2CC2)n1)S(C)(=O)=O. The number of nitrogens with one attached hydrogen (secondary N) is 1. The lowest BCUT2D eigenvalue weighted by molar-refractivity contribution is 0.428. The number of halogens is 1. The molecular weight excluding hydrogens is 312 g/mol. The van der Waals surface area contributed by atoms with E-state index in [4.69, 9.17) is 11.6 Å². The summed E-state index contributed by atoms with van der Waals surface area (Å²) < 4.78 is 24.4. The number of hydrogen-bond donors (Lipinski definition) is 1. The van der Waals surface area contributed by atoms with E-state index in [2.05, 4.69) is 15.3 Å². The Balaban J connectivity index is 1.83. The maximum Gasteiger partial charge on any atom is 0.211 e. The Morgan fingerprint density at radius 2 is 2.14 bits per heavy atom. The Morgan fingerprint density at radius 1 is 1.43 bits per heavy atom. The summed E-state index contributed by atoms with van der Waals surface area (Å²) in [6.07, 6.45) is 4.19. The molecule has 0 amide bonds. The number of anilines is 1. The van der Waals surface area contributed by atoms with Gasteiger partial charge in [0.05, 0.1) is 6.26 Å². The van der Waals surface area contributed by atoms with Crippen LogP contribution in [0.2, 0.25) is 5.15 Å². The lowest BCUT2D eigenvalue weighted by Gasteiger charge is -2.17. The quantitative estimate of drug-likeness (QED) is 0.582. The Bertz CT molecular complexity index is 590. The molecule has 0 radical (unpaired) electrons. The first-order valence-electron chi connectivity index (χ1n) is 7.13. The molecule has 2 rings (SSSR count). The molecule has 1 aliphatic rings. The van der Waals surface area contributed by atoms with Gasteiger partial charge in [0.25, 0.3) is 0 Å². The second-order valence-electron chi connectivity index (χ2n) is 5.24. The second-order valence-corrected chi connectivity index (χ2v) is 7.61. The highest BCUT2D eigenvalue weighted by Gasteiger charge is 2.27. The zero-order valence-corrected chi connectivity index (χ0v) is 13.9. The fourth-order valence-electron chi connectivity index (χ4n) is 2.08. The first-order chi connectivity index (χ1) is 9.90. The van der Waals surface area contributed by atoms with E-state index in [0.29, 0.717) is 42.9 Å². The van der Waals surface area contributed by atoms with Gasteiger partial charge in [0.2, 0.25) is 10.0 Å². The number of nitrogens with zero attached hydrogens (tertiary/aromatic N) is 3. The van der Waals surface area contributed by atoms with Crippen LogP contribution in [0.3, 0.4) is 0 Å². The van der Waals surface area contributed by atoms with Crippen LogP contribution in [0, 0.1) is 0 Å². The number of aromatic nitrogens is 2. The Labute approximate surface area is 131 Å². The first-order valence-corrected chi connectivity index (χ1v) is 9.36. The molecule has 6 nitrogen and oxygen atoms in total. The van der Waals surface area contributed by atoms with Crippen molar-refractivity contribution in [2.24, 2.45) is 0 Å². The van der Waals surface area contributed by atoms with Gasteiger partial charge in [-0.25, -0.2) is 22.7 Å². The fraction of sp³-hybridized carbons (Fsp3) is 0.692. The normalized spacial score (nSPS) is 15.4. The van der Waals surface area contributed by atoms with Crippen molar-refractivity contribution in [1.29, 1.82) is 0 Å². The van der Waals surface area contributed by atoms with Gasteiger partial charge in [-0.05, 0) is 19.3 Å². The van der Waals surface area contributed by atoms with Crippen LogP contribution in [0.15, 0.2) is 6.07 Å². The van der Waals surface area contributed by atoms with Crippen LogP contribution in [-0.2, 0) is 10.0 Å². The molecule has 0 spiro atoms.